The molecule has 2 heterocycles. The quantitative estimate of drug-likeness (QED) is 0.834. The van der Waals surface area contributed by atoms with E-state index in [1.165, 1.54) is 18.5 Å². The Kier molecular flexibility index (Phi) is 6.03. The summed E-state index contributed by atoms with van der Waals surface area (Å²) in [5, 5.41) is 3.84. The molecule has 0 aromatic heterocycles. The lowest BCUT2D eigenvalue weighted by atomic mass is 10.2. The van der Waals surface area contributed by atoms with Gasteiger partial charge < -0.3 is 15.1 Å². The van der Waals surface area contributed by atoms with Crippen molar-refractivity contribution in [3.63, 3.8) is 0 Å². The zero-order valence-corrected chi connectivity index (χ0v) is 16.9. The van der Waals surface area contributed by atoms with E-state index in [-0.39, 0.29) is 6.03 Å². The lowest BCUT2D eigenvalue weighted by Gasteiger charge is -2.34. The van der Waals surface area contributed by atoms with Crippen LogP contribution < -0.4 is 10.2 Å². The van der Waals surface area contributed by atoms with Gasteiger partial charge in [0.05, 0.1) is 0 Å². The minimum atomic E-state index is -0.0219. The normalized spacial score (nSPS) is 17.8. The zero-order chi connectivity index (χ0) is 19.3. The number of amides is 2. The molecule has 0 atom stereocenters. The van der Waals surface area contributed by atoms with E-state index in [1.54, 1.807) is 0 Å². The molecule has 2 aliphatic heterocycles. The molecule has 0 bridgehead atoms. The van der Waals surface area contributed by atoms with Crippen LogP contribution in [0, 0.1) is 0 Å². The number of benzene rings is 2. The number of hydrogen-bond donors (Lipinski definition) is 1. The van der Waals surface area contributed by atoms with Gasteiger partial charge in [-0.2, -0.15) is 0 Å². The summed E-state index contributed by atoms with van der Waals surface area (Å²) >= 11 is 6.26. The predicted octanol–water partition coefficient (Wildman–Crippen LogP) is 4.29. The summed E-state index contributed by atoms with van der Waals surface area (Å²) in [6.07, 6.45) is 2.53. The molecule has 2 fully saturated rings. The van der Waals surface area contributed by atoms with Crippen LogP contribution in [-0.4, -0.2) is 55.1 Å². The van der Waals surface area contributed by atoms with Crippen LogP contribution in [0.5, 0.6) is 0 Å². The molecule has 1 N–H and O–H groups in total. The van der Waals surface area contributed by atoms with Crippen LogP contribution in [0.15, 0.2) is 48.5 Å². The van der Waals surface area contributed by atoms with Gasteiger partial charge in [0.1, 0.15) is 0 Å². The Morgan fingerprint density at radius 2 is 1.57 bits per heavy atom. The molecule has 0 unspecified atom stereocenters. The third-order valence-corrected chi connectivity index (χ3v) is 5.97. The maximum Gasteiger partial charge on any atom is 0.321 e. The SMILES string of the molecule is O=C(Nc1ccc(N2CCCC2)cc1)N1CCN(Cc2ccccc2Cl)CC1. The van der Waals surface area contributed by atoms with Crippen LogP contribution in [0.3, 0.4) is 0 Å². The molecule has 28 heavy (non-hydrogen) atoms. The second-order valence-corrected chi connectivity index (χ2v) is 7.93. The summed E-state index contributed by atoms with van der Waals surface area (Å²) < 4.78 is 0. The van der Waals surface area contributed by atoms with Gasteiger partial charge in [-0.1, -0.05) is 29.8 Å². The van der Waals surface area contributed by atoms with Crippen LogP contribution in [0.25, 0.3) is 0 Å². The molecule has 2 aromatic rings. The number of halogens is 1. The number of rotatable bonds is 4. The summed E-state index contributed by atoms with van der Waals surface area (Å²) in [5.74, 6) is 0. The minimum absolute atomic E-state index is 0.0219. The molecule has 5 nitrogen and oxygen atoms in total. The van der Waals surface area contributed by atoms with Gasteiger partial charge >= 0.3 is 6.03 Å². The molecular weight excluding hydrogens is 372 g/mol. The first kappa shape index (κ1) is 19.1. The van der Waals surface area contributed by atoms with Crippen LogP contribution in [0.2, 0.25) is 5.02 Å². The highest BCUT2D eigenvalue weighted by Crippen LogP contribution is 2.22. The van der Waals surface area contributed by atoms with Gasteiger partial charge in [-0.15, -0.1) is 0 Å². The second kappa shape index (κ2) is 8.84. The van der Waals surface area contributed by atoms with Crippen LogP contribution in [0.4, 0.5) is 16.2 Å². The van der Waals surface area contributed by atoms with Crippen molar-refractivity contribution in [1.29, 1.82) is 0 Å². The van der Waals surface area contributed by atoms with E-state index < -0.39 is 0 Å². The van der Waals surface area contributed by atoms with Gasteiger partial charge in [0, 0.05) is 62.2 Å². The highest BCUT2D eigenvalue weighted by Gasteiger charge is 2.21. The summed E-state index contributed by atoms with van der Waals surface area (Å²) in [4.78, 5) is 19.2. The predicted molar refractivity (Wildman–Crippen MR) is 115 cm³/mol. The molecule has 0 spiro atoms. The van der Waals surface area contributed by atoms with E-state index in [0.717, 1.165) is 62.1 Å². The van der Waals surface area contributed by atoms with Crippen molar-refractivity contribution in [3.05, 3.63) is 59.1 Å². The fourth-order valence-electron chi connectivity index (χ4n) is 3.91. The van der Waals surface area contributed by atoms with Gasteiger partial charge in [-0.3, -0.25) is 4.90 Å². The van der Waals surface area contributed by atoms with E-state index in [1.807, 2.05) is 35.2 Å². The molecule has 4 rings (SSSR count). The Labute approximate surface area is 171 Å². The molecule has 0 aliphatic carbocycles. The first-order valence-corrected chi connectivity index (χ1v) is 10.4. The smallest absolute Gasteiger partial charge is 0.321 e. The Balaban J connectivity index is 1.26. The van der Waals surface area contributed by atoms with E-state index in [2.05, 4.69) is 33.3 Å². The zero-order valence-electron chi connectivity index (χ0n) is 16.1. The van der Waals surface area contributed by atoms with E-state index in [0.29, 0.717) is 0 Å². The van der Waals surface area contributed by atoms with Gasteiger partial charge in [0.25, 0.3) is 0 Å². The van der Waals surface area contributed by atoms with Crippen molar-refractivity contribution in [2.45, 2.75) is 19.4 Å². The number of urea groups is 1. The summed E-state index contributed by atoms with van der Waals surface area (Å²) in [5.41, 5.74) is 3.23. The Bertz CT molecular complexity index is 796. The van der Waals surface area contributed by atoms with Crippen LogP contribution in [0.1, 0.15) is 18.4 Å². The first-order chi connectivity index (χ1) is 13.7. The Morgan fingerprint density at radius 1 is 0.893 bits per heavy atom. The molecule has 0 radical (unpaired) electrons. The lowest BCUT2D eigenvalue weighted by molar-refractivity contribution is 0.143. The highest BCUT2D eigenvalue weighted by atomic mass is 35.5. The third-order valence-electron chi connectivity index (χ3n) is 5.60. The maximum absolute atomic E-state index is 12.6. The molecule has 2 amide bonds. The fourth-order valence-corrected chi connectivity index (χ4v) is 4.11. The Morgan fingerprint density at radius 3 is 2.25 bits per heavy atom. The third kappa shape index (κ3) is 4.59. The van der Waals surface area contributed by atoms with Crippen LogP contribution >= 0.6 is 11.6 Å². The molecule has 0 saturated carbocycles. The van der Waals surface area contributed by atoms with Crippen molar-refractivity contribution in [3.8, 4) is 0 Å². The van der Waals surface area contributed by atoms with E-state index in [9.17, 15) is 4.79 Å². The van der Waals surface area contributed by atoms with Crippen molar-refractivity contribution in [1.82, 2.24) is 9.80 Å². The summed E-state index contributed by atoms with van der Waals surface area (Å²) in [6.45, 7) is 6.24. The van der Waals surface area contributed by atoms with Crippen molar-refractivity contribution in [2.75, 3.05) is 49.5 Å². The largest absolute Gasteiger partial charge is 0.372 e. The first-order valence-electron chi connectivity index (χ1n) is 10.1. The van der Waals surface area contributed by atoms with Gasteiger partial charge in [0.2, 0.25) is 0 Å². The lowest BCUT2D eigenvalue weighted by Crippen LogP contribution is -2.49. The van der Waals surface area contributed by atoms with Gasteiger partial charge in [0.15, 0.2) is 0 Å². The number of carbonyl (C=O) groups excluding carboxylic acids is 1. The summed E-state index contributed by atoms with van der Waals surface area (Å²) in [7, 11) is 0. The number of piperazine rings is 1. The standard InChI is InChI=1S/C22H27ClN4O/c23-21-6-2-1-5-18(21)17-25-13-15-27(16-14-25)22(28)24-19-7-9-20(10-8-19)26-11-3-4-12-26/h1-2,5-10H,3-4,11-17H2,(H,24,28). The average molecular weight is 399 g/mol. The fraction of sp³-hybridized carbons (Fsp3) is 0.409. The number of nitrogens with zero attached hydrogens (tertiary/aromatic N) is 3. The number of nitrogens with one attached hydrogen (secondary N) is 1. The highest BCUT2D eigenvalue weighted by molar-refractivity contribution is 6.31. The maximum atomic E-state index is 12.6. The minimum Gasteiger partial charge on any atom is -0.372 e. The van der Waals surface area contributed by atoms with E-state index in [4.69, 9.17) is 11.6 Å². The molecule has 148 valence electrons. The molecule has 2 saturated heterocycles. The number of anilines is 2. The monoisotopic (exact) mass is 398 g/mol. The summed E-state index contributed by atoms with van der Waals surface area (Å²) in [6, 6.07) is 16.1. The molecular formula is C22H27ClN4O. The van der Waals surface area contributed by atoms with Gasteiger partial charge in [-0.25, -0.2) is 4.79 Å². The van der Waals surface area contributed by atoms with Crippen molar-refractivity contribution in [2.24, 2.45) is 0 Å². The second-order valence-electron chi connectivity index (χ2n) is 7.53. The van der Waals surface area contributed by atoms with E-state index >= 15 is 0 Å². The molecule has 2 aliphatic rings. The van der Waals surface area contributed by atoms with Crippen molar-refractivity contribution < 1.29 is 4.79 Å². The average Bonchev–Trinajstić information content (AvgIpc) is 3.26. The number of carbonyl (C=O) groups is 1. The van der Waals surface area contributed by atoms with Gasteiger partial charge in [-0.05, 0) is 48.7 Å². The van der Waals surface area contributed by atoms with Crippen molar-refractivity contribution >= 4 is 29.0 Å². The molecule has 2 aromatic carbocycles. The molecule has 6 heteroatoms. The number of hydrogen-bond acceptors (Lipinski definition) is 3. The Hall–Kier alpha value is -2.24. The topological polar surface area (TPSA) is 38.8 Å². The van der Waals surface area contributed by atoms with Crippen LogP contribution in [-0.2, 0) is 6.54 Å².